The first kappa shape index (κ1) is 23.7. The fourth-order valence-electron chi connectivity index (χ4n) is 4.49. The van der Waals surface area contributed by atoms with Crippen molar-refractivity contribution >= 4 is 18.0 Å². The minimum atomic E-state index is -0.961. The van der Waals surface area contributed by atoms with E-state index in [9.17, 15) is 14.4 Å². The second-order valence-corrected chi connectivity index (χ2v) is 8.45. The Morgan fingerprint density at radius 1 is 1.09 bits per heavy atom. The Hall–Kier alpha value is -3.43. The number of fused-ring (bicyclic) bond motifs is 3. The van der Waals surface area contributed by atoms with Crippen molar-refractivity contribution in [3.63, 3.8) is 0 Å². The molecule has 9 heteroatoms. The molecule has 3 N–H and O–H groups in total. The number of hydrogen-bond donors (Lipinski definition) is 3. The lowest BCUT2D eigenvalue weighted by molar-refractivity contribution is -0.141. The highest BCUT2D eigenvalue weighted by Crippen LogP contribution is 2.44. The van der Waals surface area contributed by atoms with Crippen LogP contribution in [-0.2, 0) is 23.8 Å². The van der Waals surface area contributed by atoms with Crippen LogP contribution in [-0.4, -0.2) is 68.7 Å². The van der Waals surface area contributed by atoms with Gasteiger partial charge < -0.3 is 30.0 Å². The molecule has 1 aliphatic carbocycles. The van der Waals surface area contributed by atoms with Gasteiger partial charge in [0.15, 0.2) is 0 Å². The fourth-order valence-corrected chi connectivity index (χ4v) is 4.49. The molecule has 0 saturated carbocycles. The molecule has 3 atom stereocenters. The van der Waals surface area contributed by atoms with Gasteiger partial charge in [-0.15, -0.1) is 0 Å². The highest BCUT2D eigenvalue weighted by molar-refractivity contribution is 5.86. The lowest BCUT2D eigenvalue weighted by Gasteiger charge is -2.20. The normalized spacial score (nSPS) is 19.7. The molecule has 4 rings (SSSR count). The van der Waals surface area contributed by atoms with Gasteiger partial charge in [0.2, 0.25) is 5.91 Å². The Bertz CT molecular complexity index is 1010. The van der Waals surface area contributed by atoms with Gasteiger partial charge in [0.1, 0.15) is 12.6 Å². The Morgan fingerprint density at radius 3 is 2.32 bits per heavy atom. The minimum absolute atomic E-state index is 0.0424. The number of ether oxygens (including phenoxy) is 3. The van der Waals surface area contributed by atoms with E-state index < -0.39 is 29.9 Å². The lowest BCUT2D eigenvalue weighted by Crippen LogP contribution is -2.50. The van der Waals surface area contributed by atoms with Gasteiger partial charge in [-0.25, -0.2) is 4.79 Å². The molecular formula is C25H28N2O7. The van der Waals surface area contributed by atoms with Crippen LogP contribution in [0.2, 0.25) is 0 Å². The lowest BCUT2D eigenvalue weighted by atomic mass is 9.98. The average Bonchev–Trinajstić information content (AvgIpc) is 3.44. The van der Waals surface area contributed by atoms with Crippen molar-refractivity contribution in [1.82, 2.24) is 10.6 Å². The molecule has 9 nitrogen and oxygen atoms in total. The predicted molar refractivity (Wildman–Crippen MR) is 122 cm³/mol. The number of amides is 2. The summed E-state index contributed by atoms with van der Waals surface area (Å²) in [5.41, 5.74) is 4.45. The number of benzene rings is 2. The van der Waals surface area contributed by atoms with E-state index in [0.29, 0.717) is 6.42 Å². The second kappa shape index (κ2) is 10.7. The summed E-state index contributed by atoms with van der Waals surface area (Å²) in [6.45, 7) is 0.359. The van der Waals surface area contributed by atoms with Gasteiger partial charge in [0.05, 0.1) is 25.2 Å². The summed E-state index contributed by atoms with van der Waals surface area (Å²) in [5, 5.41) is 14.3. The van der Waals surface area contributed by atoms with Crippen LogP contribution in [0.15, 0.2) is 48.5 Å². The fraction of sp³-hybridized carbons (Fsp3) is 0.400. The molecule has 0 aromatic heterocycles. The molecule has 2 aliphatic rings. The number of nitrogens with one attached hydrogen (secondary N) is 2. The molecule has 2 aromatic carbocycles. The van der Waals surface area contributed by atoms with E-state index in [-0.39, 0.29) is 38.4 Å². The third-order valence-electron chi connectivity index (χ3n) is 6.22. The maximum atomic E-state index is 12.6. The van der Waals surface area contributed by atoms with Crippen molar-refractivity contribution in [3.05, 3.63) is 59.7 Å². The quantitative estimate of drug-likeness (QED) is 0.515. The molecule has 180 valence electrons. The van der Waals surface area contributed by atoms with E-state index in [4.69, 9.17) is 19.3 Å². The van der Waals surface area contributed by atoms with Gasteiger partial charge in [-0.05, 0) is 28.7 Å². The molecule has 1 saturated heterocycles. The summed E-state index contributed by atoms with van der Waals surface area (Å²) in [6.07, 6.45) is -0.783. The zero-order valence-corrected chi connectivity index (χ0v) is 18.9. The second-order valence-electron chi connectivity index (χ2n) is 8.45. The van der Waals surface area contributed by atoms with Crippen molar-refractivity contribution < 1.29 is 33.7 Å². The van der Waals surface area contributed by atoms with Gasteiger partial charge in [-0.2, -0.15) is 0 Å². The van der Waals surface area contributed by atoms with Crippen LogP contribution < -0.4 is 10.6 Å². The zero-order chi connectivity index (χ0) is 24.1. The Kier molecular flexibility index (Phi) is 7.44. The Labute approximate surface area is 197 Å². The van der Waals surface area contributed by atoms with Crippen molar-refractivity contribution in [3.8, 4) is 11.1 Å². The van der Waals surface area contributed by atoms with Crippen LogP contribution in [0.4, 0.5) is 4.79 Å². The first-order valence-corrected chi connectivity index (χ1v) is 11.2. The molecule has 1 unspecified atom stereocenters. The van der Waals surface area contributed by atoms with Crippen LogP contribution >= 0.6 is 0 Å². The van der Waals surface area contributed by atoms with Crippen LogP contribution in [0, 0.1) is 5.92 Å². The number of rotatable bonds is 9. The van der Waals surface area contributed by atoms with Crippen LogP contribution in [0.3, 0.4) is 0 Å². The Morgan fingerprint density at radius 2 is 1.74 bits per heavy atom. The molecule has 2 aromatic rings. The van der Waals surface area contributed by atoms with Crippen molar-refractivity contribution in [2.75, 3.05) is 33.5 Å². The minimum Gasteiger partial charge on any atom is -0.481 e. The zero-order valence-electron chi connectivity index (χ0n) is 18.9. The van der Waals surface area contributed by atoms with Gasteiger partial charge in [-0.3, -0.25) is 9.59 Å². The van der Waals surface area contributed by atoms with Crippen LogP contribution in [0.25, 0.3) is 11.1 Å². The largest absolute Gasteiger partial charge is 0.481 e. The number of aliphatic carboxylic acids is 1. The van der Waals surface area contributed by atoms with Crippen LogP contribution in [0.5, 0.6) is 0 Å². The van der Waals surface area contributed by atoms with E-state index in [1.807, 2.05) is 36.4 Å². The number of methoxy groups -OCH3 is 1. The van der Waals surface area contributed by atoms with Crippen LogP contribution in [0.1, 0.15) is 23.5 Å². The molecule has 1 aliphatic heterocycles. The first-order chi connectivity index (χ1) is 16.5. The summed E-state index contributed by atoms with van der Waals surface area (Å²) in [5.74, 6) is -2.04. The molecular weight excluding hydrogens is 440 g/mol. The summed E-state index contributed by atoms with van der Waals surface area (Å²) in [6, 6.07) is 15.1. The molecule has 1 heterocycles. The number of alkyl carbamates (subject to hydrolysis) is 1. The van der Waals surface area contributed by atoms with E-state index in [1.165, 1.54) is 7.11 Å². The van der Waals surface area contributed by atoms with Gasteiger partial charge >= 0.3 is 12.1 Å². The smallest absolute Gasteiger partial charge is 0.407 e. The predicted octanol–water partition coefficient (Wildman–Crippen LogP) is 2.15. The number of hydrogen-bond acceptors (Lipinski definition) is 6. The first-order valence-electron chi connectivity index (χ1n) is 11.2. The molecule has 1 fully saturated rings. The standard InChI is InChI=1S/C25H28N2O7/c1-32-14-22(23(28)26-11-16-10-15(12-33-16)24(29)30)27-25(31)34-13-21-19-8-4-2-6-17(19)18-7-3-5-9-20(18)21/h2-9,15-16,21-22H,10-14H2,1H3,(H,26,28)(H,27,31)(H,29,30)/t15-,16-,22?/m1/s1. The topological polar surface area (TPSA) is 123 Å². The average molecular weight is 469 g/mol. The van der Waals surface area contributed by atoms with E-state index in [1.54, 1.807) is 0 Å². The highest BCUT2D eigenvalue weighted by Gasteiger charge is 2.32. The maximum Gasteiger partial charge on any atom is 0.407 e. The van der Waals surface area contributed by atoms with Crippen molar-refractivity contribution in [2.45, 2.75) is 24.5 Å². The molecule has 2 amide bonds. The van der Waals surface area contributed by atoms with E-state index in [2.05, 4.69) is 22.8 Å². The van der Waals surface area contributed by atoms with E-state index >= 15 is 0 Å². The molecule has 34 heavy (non-hydrogen) atoms. The van der Waals surface area contributed by atoms with E-state index in [0.717, 1.165) is 22.3 Å². The summed E-state index contributed by atoms with van der Waals surface area (Å²) < 4.78 is 16.0. The number of carboxylic acid groups (broad SMARTS) is 1. The number of carbonyl (C=O) groups excluding carboxylic acids is 2. The molecule has 0 bridgehead atoms. The van der Waals surface area contributed by atoms with Gasteiger partial charge in [0.25, 0.3) is 0 Å². The molecule has 0 radical (unpaired) electrons. The number of carboxylic acids is 1. The summed E-state index contributed by atoms with van der Waals surface area (Å²) >= 11 is 0. The third kappa shape index (κ3) is 5.21. The molecule has 0 spiro atoms. The number of carbonyl (C=O) groups is 3. The SMILES string of the molecule is COCC(NC(=O)OCC1c2ccccc2-c2ccccc21)C(=O)NC[C@H]1C[C@@H](C(=O)O)CO1. The summed E-state index contributed by atoms with van der Waals surface area (Å²) in [4.78, 5) is 36.2. The summed E-state index contributed by atoms with van der Waals surface area (Å²) in [7, 11) is 1.43. The third-order valence-corrected chi connectivity index (χ3v) is 6.22. The van der Waals surface area contributed by atoms with Crippen molar-refractivity contribution in [2.24, 2.45) is 5.92 Å². The van der Waals surface area contributed by atoms with Gasteiger partial charge in [-0.1, -0.05) is 48.5 Å². The van der Waals surface area contributed by atoms with Crippen molar-refractivity contribution in [1.29, 1.82) is 0 Å². The van der Waals surface area contributed by atoms with Gasteiger partial charge in [0, 0.05) is 19.6 Å². The highest BCUT2D eigenvalue weighted by atomic mass is 16.5. The maximum absolute atomic E-state index is 12.6. The Balaban J connectivity index is 1.31. The monoisotopic (exact) mass is 468 g/mol.